The maximum atomic E-state index is 13.2. The van der Waals surface area contributed by atoms with Gasteiger partial charge >= 0.3 is 0 Å². The van der Waals surface area contributed by atoms with Crippen molar-refractivity contribution in [1.82, 2.24) is 51.0 Å². The van der Waals surface area contributed by atoms with Gasteiger partial charge in [0.15, 0.2) is 23.0 Å². The van der Waals surface area contributed by atoms with E-state index >= 15 is 0 Å². The Balaban J connectivity index is 0.000000190. The van der Waals surface area contributed by atoms with Crippen LogP contribution in [-0.4, -0.2) is 57.7 Å². The largest absolute Gasteiger partial charge is 0.380 e. The molecule has 4 aromatic heterocycles. The van der Waals surface area contributed by atoms with Crippen molar-refractivity contribution in [3.63, 3.8) is 0 Å². The van der Waals surface area contributed by atoms with Gasteiger partial charge < -0.3 is 21.7 Å². The highest BCUT2D eigenvalue weighted by Gasteiger charge is 2.20. The van der Waals surface area contributed by atoms with Gasteiger partial charge in [-0.3, -0.25) is 19.8 Å². The van der Waals surface area contributed by atoms with Gasteiger partial charge in [-0.05, 0) is 56.2 Å². The minimum Gasteiger partial charge on any atom is -0.380 e. The van der Waals surface area contributed by atoms with E-state index in [1.54, 1.807) is 6.07 Å². The Labute approximate surface area is 281 Å². The molecule has 6 rings (SSSR count). The van der Waals surface area contributed by atoms with Gasteiger partial charge in [-0.25, -0.2) is 28.7 Å². The second-order valence-electron chi connectivity index (χ2n) is 11.3. The van der Waals surface area contributed by atoms with Crippen molar-refractivity contribution in [3.05, 3.63) is 93.2 Å². The minimum absolute atomic E-state index is 0.00230. The molecule has 48 heavy (non-hydrogen) atoms. The molecule has 0 aliphatic carbocycles. The number of halogens is 4. The van der Waals surface area contributed by atoms with Gasteiger partial charge in [-0.1, -0.05) is 35.3 Å². The average Bonchev–Trinajstić information content (AvgIpc) is 3.64. The van der Waals surface area contributed by atoms with Gasteiger partial charge in [-0.15, -0.1) is 0 Å². The molecule has 248 valence electrons. The van der Waals surface area contributed by atoms with E-state index in [9.17, 15) is 18.4 Å². The highest BCUT2D eigenvalue weighted by Crippen LogP contribution is 2.23. The van der Waals surface area contributed by atoms with Gasteiger partial charge in [-0.2, -0.15) is 10.2 Å². The number of carbonyl (C=O) groups is 2. The van der Waals surface area contributed by atoms with Gasteiger partial charge in [0.25, 0.3) is 11.8 Å². The highest BCUT2D eigenvalue weighted by atomic mass is 35.5. The van der Waals surface area contributed by atoms with E-state index < -0.39 is 23.4 Å². The number of benzene rings is 2. The molecule has 0 aliphatic rings. The summed E-state index contributed by atoms with van der Waals surface area (Å²) in [4.78, 5) is 40.8. The zero-order valence-corrected chi connectivity index (χ0v) is 27.1. The van der Waals surface area contributed by atoms with Crippen LogP contribution in [0.1, 0.15) is 52.9 Å². The molecule has 4 heterocycles. The summed E-state index contributed by atoms with van der Waals surface area (Å²) in [5.74, 6) is -1.11. The van der Waals surface area contributed by atoms with Crippen molar-refractivity contribution in [2.75, 3.05) is 11.1 Å². The summed E-state index contributed by atoms with van der Waals surface area (Å²) < 4.78 is 26.3. The molecule has 6 aromatic rings. The van der Waals surface area contributed by atoms with Crippen LogP contribution < -0.4 is 21.7 Å². The van der Waals surface area contributed by atoms with E-state index in [0.717, 1.165) is 0 Å². The molecule has 0 spiro atoms. The van der Waals surface area contributed by atoms with Gasteiger partial charge in [0.1, 0.15) is 46.4 Å². The molecule has 14 nitrogen and oxygen atoms in total. The number of nitrogens with two attached hydrogens (primary N) is 1. The normalized spacial score (nSPS) is 11.2. The van der Waals surface area contributed by atoms with Crippen LogP contribution in [0.2, 0.25) is 10.0 Å². The zero-order valence-electron chi connectivity index (χ0n) is 25.6. The molecule has 7 N–H and O–H groups in total. The molecule has 0 fully saturated rings. The maximum absolute atomic E-state index is 13.2. The van der Waals surface area contributed by atoms with Crippen molar-refractivity contribution in [2.24, 2.45) is 0 Å². The van der Waals surface area contributed by atoms with Crippen LogP contribution in [0.4, 0.5) is 20.4 Å². The fourth-order valence-corrected chi connectivity index (χ4v) is 4.71. The summed E-state index contributed by atoms with van der Waals surface area (Å²) in [5.41, 5.74) is 8.77. The monoisotopic (exact) mass is 696 g/mol. The van der Waals surface area contributed by atoms with Gasteiger partial charge in [0, 0.05) is 18.6 Å². The Morgan fingerprint density at radius 3 is 1.75 bits per heavy atom. The Bertz CT molecular complexity index is 2130. The number of hydrogen-bond acceptors (Lipinski definition) is 10. The average molecular weight is 698 g/mol. The number of hydrogen-bond donors (Lipinski definition) is 6. The lowest BCUT2D eigenvalue weighted by Gasteiger charge is -2.19. The number of carbonyl (C=O) groups excluding carboxylic acids is 2. The third-order valence-electron chi connectivity index (χ3n) is 6.53. The van der Waals surface area contributed by atoms with Crippen molar-refractivity contribution >= 4 is 68.7 Å². The third-order valence-corrected chi connectivity index (χ3v) is 7.11. The van der Waals surface area contributed by atoms with Crippen molar-refractivity contribution < 1.29 is 18.4 Å². The topological polar surface area (TPSA) is 205 Å². The maximum Gasteiger partial charge on any atom is 0.272 e. The van der Waals surface area contributed by atoms with E-state index in [-0.39, 0.29) is 45.9 Å². The summed E-state index contributed by atoms with van der Waals surface area (Å²) >= 11 is 11.4. The predicted molar refractivity (Wildman–Crippen MR) is 176 cm³/mol. The van der Waals surface area contributed by atoms with Crippen molar-refractivity contribution in [3.8, 4) is 0 Å². The number of H-pyrrole nitrogens is 2. The lowest BCUT2D eigenvalue weighted by Crippen LogP contribution is -2.26. The number of aromatic nitrogens is 8. The number of fused-ring (bicyclic) bond motifs is 2. The Morgan fingerprint density at radius 2 is 1.25 bits per heavy atom. The van der Waals surface area contributed by atoms with Crippen LogP contribution in [0.25, 0.3) is 22.1 Å². The fourth-order valence-electron chi connectivity index (χ4n) is 4.31. The quantitative estimate of drug-likeness (QED) is 0.133. The summed E-state index contributed by atoms with van der Waals surface area (Å²) in [6, 6.07) is 8.49. The van der Waals surface area contributed by atoms with E-state index in [0.29, 0.717) is 39.0 Å². The van der Waals surface area contributed by atoms with Crippen LogP contribution in [0, 0.1) is 11.6 Å². The standard InChI is InChI=1S/C17H18ClFN6O.C13H10ClFN6O/c1-17(2,3)23-15-13-12(24-25-15)14(22-8-21-13)16(26)20-7-9-4-5-11(19)10(18)6-9;14-7-3-6(1-2-8(7)15)4-17-13(22)11-9-10(18-5-19-11)12(16)21-20-9/h4-6,8H,7H2,1-3H3,(H,20,26)(H2,23,24,25);1-3,5H,4H2,(H,17,22)(H3,16,20,21). The molecule has 2 aromatic carbocycles. The molecule has 0 radical (unpaired) electrons. The summed E-state index contributed by atoms with van der Waals surface area (Å²) in [7, 11) is 0. The second kappa shape index (κ2) is 14.1. The summed E-state index contributed by atoms with van der Waals surface area (Å²) in [5, 5.41) is 22.0. The Hall–Kier alpha value is -5.48. The molecule has 2 amide bonds. The molecule has 18 heteroatoms. The molecule has 0 aliphatic heterocycles. The summed E-state index contributed by atoms with van der Waals surface area (Å²) in [6.07, 6.45) is 2.55. The van der Waals surface area contributed by atoms with Crippen molar-refractivity contribution in [1.29, 1.82) is 0 Å². The highest BCUT2D eigenvalue weighted by molar-refractivity contribution is 6.31. The first-order valence-corrected chi connectivity index (χ1v) is 14.9. The fraction of sp³-hybridized carbons (Fsp3) is 0.200. The molecular formula is C30H28Cl2F2N12O2. The van der Waals surface area contributed by atoms with E-state index in [1.165, 1.54) is 43.0 Å². The van der Waals surface area contributed by atoms with E-state index in [1.807, 2.05) is 20.8 Å². The lowest BCUT2D eigenvalue weighted by atomic mass is 10.1. The number of nitrogen functional groups attached to an aromatic ring is 1. The first-order valence-electron chi connectivity index (χ1n) is 14.2. The van der Waals surface area contributed by atoms with Crippen LogP contribution in [0.15, 0.2) is 49.1 Å². The number of nitrogens with zero attached hydrogens (tertiary/aromatic N) is 6. The van der Waals surface area contributed by atoms with Crippen LogP contribution in [-0.2, 0) is 13.1 Å². The van der Waals surface area contributed by atoms with E-state index in [4.69, 9.17) is 28.9 Å². The number of nitrogens with one attached hydrogen (secondary N) is 5. The molecule has 0 saturated heterocycles. The first kappa shape index (κ1) is 33.9. The Kier molecular flexibility index (Phi) is 9.95. The lowest BCUT2D eigenvalue weighted by molar-refractivity contribution is 0.0939. The zero-order chi connectivity index (χ0) is 34.6. The number of anilines is 2. The molecule has 0 atom stereocenters. The molecular weight excluding hydrogens is 669 g/mol. The molecule has 0 bridgehead atoms. The number of aromatic amines is 2. The van der Waals surface area contributed by atoms with Crippen LogP contribution in [0.5, 0.6) is 0 Å². The summed E-state index contributed by atoms with van der Waals surface area (Å²) in [6.45, 7) is 6.35. The smallest absolute Gasteiger partial charge is 0.272 e. The third kappa shape index (κ3) is 7.90. The molecule has 0 unspecified atom stereocenters. The van der Waals surface area contributed by atoms with Gasteiger partial charge in [0.2, 0.25) is 0 Å². The minimum atomic E-state index is -0.512. The number of rotatable bonds is 7. The predicted octanol–water partition coefficient (Wildman–Crippen LogP) is 4.94. The second-order valence-corrected chi connectivity index (χ2v) is 12.1. The van der Waals surface area contributed by atoms with E-state index in [2.05, 4.69) is 56.3 Å². The number of amides is 2. The molecule has 0 saturated carbocycles. The SMILES string of the molecule is CC(C)(C)Nc1n[nH]c2c(C(=O)NCc3ccc(F)c(Cl)c3)ncnc12.Nc1n[nH]c2c(C(=O)NCc3ccc(F)c(Cl)c3)ncnc12. The van der Waals surface area contributed by atoms with Gasteiger partial charge in [0.05, 0.1) is 10.0 Å². The van der Waals surface area contributed by atoms with Crippen LogP contribution >= 0.6 is 23.2 Å². The Morgan fingerprint density at radius 1 is 0.771 bits per heavy atom. The van der Waals surface area contributed by atoms with Crippen LogP contribution in [0.3, 0.4) is 0 Å². The van der Waals surface area contributed by atoms with Crippen molar-refractivity contribution in [2.45, 2.75) is 39.4 Å². The first-order chi connectivity index (χ1) is 22.8.